The number of carbonyl (C=O) groups excluding carboxylic acids is 2. The molecule has 5 nitrogen and oxygen atoms in total. The summed E-state index contributed by atoms with van der Waals surface area (Å²) in [6.45, 7) is 3.69. The first-order valence-corrected chi connectivity index (χ1v) is 7.49. The normalized spacial score (nSPS) is 11.8. The second-order valence-corrected chi connectivity index (χ2v) is 5.66. The van der Waals surface area contributed by atoms with Crippen molar-refractivity contribution in [2.45, 2.75) is 19.9 Å². The summed E-state index contributed by atoms with van der Waals surface area (Å²) in [5.41, 5.74) is 7.97. The molecule has 3 amide bonds. The zero-order chi connectivity index (χ0) is 16.8. The molecule has 23 heavy (non-hydrogen) atoms. The van der Waals surface area contributed by atoms with Crippen LogP contribution in [-0.2, 0) is 4.79 Å². The van der Waals surface area contributed by atoms with Gasteiger partial charge in [-0.1, -0.05) is 56.3 Å². The molecule has 2 aromatic rings. The van der Waals surface area contributed by atoms with E-state index in [1.54, 1.807) is 0 Å². The van der Waals surface area contributed by atoms with Gasteiger partial charge in [-0.25, -0.2) is 4.79 Å². The molecule has 0 fully saturated rings. The Morgan fingerprint density at radius 3 is 2.00 bits per heavy atom. The van der Waals surface area contributed by atoms with Gasteiger partial charge in [-0.3, -0.25) is 4.79 Å². The smallest absolute Gasteiger partial charge is 0.312 e. The summed E-state index contributed by atoms with van der Waals surface area (Å²) in [5, 5.41) is 5.26. The third kappa shape index (κ3) is 4.57. The Morgan fingerprint density at radius 2 is 1.48 bits per heavy atom. The Kier molecular flexibility index (Phi) is 5.36. The van der Waals surface area contributed by atoms with Gasteiger partial charge in [0.25, 0.3) is 0 Å². The van der Waals surface area contributed by atoms with Crippen LogP contribution in [0.15, 0.2) is 54.6 Å². The van der Waals surface area contributed by atoms with E-state index in [0.717, 1.165) is 11.1 Å². The molecule has 4 N–H and O–H groups in total. The fourth-order valence-corrected chi connectivity index (χ4v) is 2.28. The second kappa shape index (κ2) is 7.45. The van der Waals surface area contributed by atoms with Crippen LogP contribution >= 0.6 is 0 Å². The number of nitrogens with one attached hydrogen (secondary N) is 2. The van der Waals surface area contributed by atoms with E-state index in [2.05, 4.69) is 10.6 Å². The summed E-state index contributed by atoms with van der Waals surface area (Å²) in [4.78, 5) is 23.3. The molecule has 2 aromatic carbocycles. The number of nitrogens with two attached hydrogens (primary N) is 1. The highest BCUT2D eigenvalue weighted by Gasteiger charge is 2.23. The number of anilines is 1. The molecule has 0 spiro atoms. The van der Waals surface area contributed by atoms with Crippen LogP contribution in [0, 0.1) is 5.92 Å². The van der Waals surface area contributed by atoms with Crippen molar-refractivity contribution in [3.8, 4) is 11.1 Å². The maximum atomic E-state index is 12.3. The molecule has 0 bridgehead atoms. The SMILES string of the molecule is CC(C)C(NC(N)=O)C(=O)Nc1ccc(-c2ccccc2)cc1. The number of rotatable bonds is 5. The zero-order valence-corrected chi connectivity index (χ0v) is 13.2. The van der Waals surface area contributed by atoms with E-state index >= 15 is 0 Å². The van der Waals surface area contributed by atoms with Crippen molar-refractivity contribution >= 4 is 17.6 Å². The van der Waals surface area contributed by atoms with E-state index in [-0.39, 0.29) is 11.8 Å². The van der Waals surface area contributed by atoms with Gasteiger partial charge in [-0.2, -0.15) is 0 Å². The predicted octanol–water partition coefficient (Wildman–Crippen LogP) is 2.99. The molecule has 0 saturated carbocycles. The van der Waals surface area contributed by atoms with Gasteiger partial charge in [0.2, 0.25) is 5.91 Å². The largest absolute Gasteiger partial charge is 0.352 e. The standard InChI is InChI=1S/C18H21N3O2/c1-12(2)16(21-18(19)23)17(22)20-15-10-8-14(9-11-15)13-6-4-3-5-7-13/h3-12,16H,1-2H3,(H,20,22)(H3,19,21,23). The molecule has 1 unspecified atom stereocenters. The van der Waals surface area contributed by atoms with Gasteiger partial charge in [0.15, 0.2) is 0 Å². The van der Waals surface area contributed by atoms with Crippen LogP contribution in [0.25, 0.3) is 11.1 Å². The van der Waals surface area contributed by atoms with E-state index < -0.39 is 12.1 Å². The highest BCUT2D eigenvalue weighted by molar-refractivity contribution is 5.97. The van der Waals surface area contributed by atoms with Crippen molar-refractivity contribution in [1.29, 1.82) is 0 Å². The summed E-state index contributed by atoms with van der Waals surface area (Å²) in [5.74, 6) is -0.350. The monoisotopic (exact) mass is 311 g/mol. The second-order valence-electron chi connectivity index (χ2n) is 5.66. The van der Waals surface area contributed by atoms with Gasteiger partial charge in [0.1, 0.15) is 6.04 Å². The number of primary amides is 1. The van der Waals surface area contributed by atoms with E-state index in [9.17, 15) is 9.59 Å². The van der Waals surface area contributed by atoms with Crippen molar-refractivity contribution in [1.82, 2.24) is 5.32 Å². The molecule has 2 rings (SSSR count). The molecule has 1 atom stereocenters. The predicted molar refractivity (Wildman–Crippen MR) is 91.9 cm³/mol. The van der Waals surface area contributed by atoms with Crippen LogP contribution in [0.2, 0.25) is 0 Å². The lowest BCUT2D eigenvalue weighted by atomic mass is 10.0. The number of hydrogen-bond donors (Lipinski definition) is 3. The Morgan fingerprint density at radius 1 is 0.913 bits per heavy atom. The molecule has 0 radical (unpaired) electrons. The summed E-state index contributed by atoms with van der Waals surface area (Å²) in [6, 6.07) is 16.2. The molecule has 5 heteroatoms. The van der Waals surface area contributed by atoms with E-state index in [1.165, 1.54) is 0 Å². The van der Waals surface area contributed by atoms with E-state index in [1.807, 2.05) is 68.4 Å². The highest BCUT2D eigenvalue weighted by atomic mass is 16.2. The molecule has 0 aliphatic rings. The lowest BCUT2D eigenvalue weighted by Crippen LogP contribution is -2.49. The molecule has 0 aliphatic heterocycles. The number of carbonyl (C=O) groups is 2. The third-order valence-corrected chi connectivity index (χ3v) is 3.51. The molecular weight excluding hydrogens is 290 g/mol. The van der Waals surface area contributed by atoms with Crippen LogP contribution in [0.5, 0.6) is 0 Å². The van der Waals surface area contributed by atoms with Crippen LogP contribution < -0.4 is 16.4 Å². The average molecular weight is 311 g/mol. The van der Waals surface area contributed by atoms with Crippen LogP contribution in [0.4, 0.5) is 10.5 Å². The van der Waals surface area contributed by atoms with Gasteiger partial charge < -0.3 is 16.4 Å². The lowest BCUT2D eigenvalue weighted by molar-refractivity contribution is -0.118. The zero-order valence-electron chi connectivity index (χ0n) is 13.2. The maximum absolute atomic E-state index is 12.3. The fourth-order valence-electron chi connectivity index (χ4n) is 2.28. The summed E-state index contributed by atoms with van der Waals surface area (Å²) in [7, 11) is 0. The molecule has 0 heterocycles. The molecule has 0 aromatic heterocycles. The first-order valence-electron chi connectivity index (χ1n) is 7.49. The minimum Gasteiger partial charge on any atom is -0.352 e. The number of urea groups is 1. The molecule has 0 saturated heterocycles. The number of benzene rings is 2. The van der Waals surface area contributed by atoms with E-state index in [0.29, 0.717) is 5.69 Å². The van der Waals surface area contributed by atoms with Crippen molar-refractivity contribution < 1.29 is 9.59 Å². The quantitative estimate of drug-likeness (QED) is 0.793. The van der Waals surface area contributed by atoms with Gasteiger partial charge in [-0.05, 0) is 29.2 Å². The molecule has 120 valence electrons. The van der Waals surface area contributed by atoms with Crippen molar-refractivity contribution in [3.05, 3.63) is 54.6 Å². The Hall–Kier alpha value is -2.82. The first-order chi connectivity index (χ1) is 11.0. The first kappa shape index (κ1) is 16.5. The number of hydrogen-bond acceptors (Lipinski definition) is 2. The summed E-state index contributed by atoms with van der Waals surface area (Å²) in [6.07, 6.45) is 0. The van der Waals surface area contributed by atoms with Gasteiger partial charge >= 0.3 is 6.03 Å². The topological polar surface area (TPSA) is 84.2 Å². The van der Waals surface area contributed by atoms with Gasteiger partial charge in [0.05, 0.1) is 0 Å². The average Bonchev–Trinajstić information content (AvgIpc) is 2.53. The highest BCUT2D eigenvalue weighted by Crippen LogP contribution is 2.21. The summed E-state index contributed by atoms with van der Waals surface area (Å²) < 4.78 is 0. The third-order valence-electron chi connectivity index (χ3n) is 3.51. The minimum absolute atomic E-state index is 0.0638. The Bertz CT molecular complexity index is 666. The molecular formula is C18H21N3O2. The Balaban J connectivity index is 2.08. The van der Waals surface area contributed by atoms with Crippen LogP contribution in [0.3, 0.4) is 0 Å². The van der Waals surface area contributed by atoms with Crippen molar-refractivity contribution in [2.24, 2.45) is 11.7 Å². The lowest BCUT2D eigenvalue weighted by Gasteiger charge is -2.20. The Labute approximate surface area is 135 Å². The van der Waals surface area contributed by atoms with Crippen molar-refractivity contribution in [2.75, 3.05) is 5.32 Å². The number of amides is 3. The van der Waals surface area contributed by atoms with Gasteiger partial charge in [-0.15, -0.1) is 0 Å². The van der Waals surface area contributed by atoms with Gasteiger partial charge in [0, 0.05) is 5.69 Å². The minimum atomic E-state index is -0.710. The fraction of sp³-hybridized carbons (Fsp3) is 0.222. The summed E-state index contributed by atoms with van der Waals surface area (Å²) >= 11 is 0. The van der Waals surface area contributed by atoms with Crippen LogP contribution in [0.1, 0.15) is 13.8 Å². The van der Waals surface area contributed by atoms with E-state index in [4.69, 9.17) is 5.73 Å². The maximum Gasteiger partial charge on any atom is 0.312 e. The van der Waals surface area contributed by atoms with Crippen molar-refractivity contribution in [3.63, 3.8) is 0 Å². The van der Waals surface area contributed by atoms with Crippen LogP contribution in [-0.4, -0.2) is 18.0 Å². The molecule has 0 aliphatic carbocycles.